The topological polar surface area (TPSA) is 50.1 Å². The smallest absolute Gasteiger partial charge is 0.175 e. The lowest BCUT2D eigenvalue weighted by Crippen LogP contribution is -2.08. The van der Waals surface area contributed by atoms with Crippen LogP contribution < -0.4 is 4.74 Å². The van der Waals surface area contributed by atoms with Gasteiger partial charge >= 0.3 is 0 Å². The Morgan fingerprint density at radius 3 is 2.35 bits per heavy atom. The lowest BCUT2D eigenvalue weighted by Gasteiger charge is -2.03. The zero-order valence-corrected chi connectivity index (χ0v) is 10.2. The van der Waals surface area contributed by atoms with E-state index in [2.05, 4.69) is 0 Å². The number of nitriles is 1. The van der Waals surface area contributed by atoms with E-state index < -0.39 is 0 Å². The van der Waals surface area contributed by atoms with E-state index >= 15 is 0 Å². The van der Waals surface area contributed by atoms with Gasteiger partial charge in [-0.25, -0.2) is 0 Å². The number of allylic oxidation sites excluding steroid dienone is 1. The highest BCUT2D eigenvalue weighted by molar-refractivity contribution is 6.04. The van der Waals surface area contributed by atoms with E-state index in [9.17, 15) is 4.79 Å². The van der Waals surface area contributed by atoms with Gasteiger partial charge in [-0.3, -0.25) is 4.79 Å². The standard InChI is InChI=1S/C14H15NO2/c1-10(2)14(16)12(9-15)8-11-4-6-13(17-3)7-5-11/h4-8,10H,1-3H3/b12-8+. The summed E-state index contributed by atoms with van der Waals surface area (Å²) in [7, 11) is 1.59. The highest BCUT2D eigenvalue weighted by Crippen LogP contribution is 2.15. The minimum atomic E-state index is -0.167. The quantitative estimate of drug-likeness (QED) is 0.589. The first kappa shape index (κ1) is 13.0. The van der Waals surface area contributed by atoms with E-state index in [1.54, 1.807) is 39.2 Å². The molecule has 0 unspecified atom stereocenters. The Morgan fingerprint density at radius 1 is 1.35 bits per heavy atom. The molecule has 0 spiro atoms. The van der Waals surface area contributed by atoms with Crippen LogP contribution in [0.15, 0.2) is 29.8 Å². The van der Waals surface area contributed by atoms with Gasteiger partial charge in [0.25, 0.3) is 0 Å². The highest BCUT2D eigenvalue weighted by Gasteiger charge is 2.12. The van der Waals surface area contributed by atoms with Gasteiger partial charge in [-0.05, 0) is 23.8 Å². The molecule has 0 aliphatic rings. The molecular formula is C14H15NO2. The van der Waals surface area contributed by atoms with Crippen molar-refractivity contribution in [1.82, 2.24) is 0 Å². The average Bonchev–Trinajstić information content (AvgIpc) is 2.35. The number of carbonyl (C=O) groups is 1. The molecule has 0 saturated carbocycles. The summed E-state index contributed by atoms with van der Waals surface area (Å²) in [5, 5.41) is 8.94. The Morgan fingerprint density at radius 2 is 1.94 bits per heavy atom. The van der Waals surface area contributed by atoms with Crippen LogP contribution in [0.5, 0.6) is 5.75 Å². The predicted octanol–water partition coefficient (Wildman–Crippen LogP) is 2.83. The Hall–Kier alpha value is -2.08. The molecule has 1 rings (SSSR count). The Labute approximate surface area is 101 Å². The van der Waals surface area contributed by atoms with Crippen molar-refractivity contribution in [2.24, 2.45) is 5.92 Å². The number of ketones is 1. The second-order valence-corrected chi connectivity index (χ2v) is 3.96. The number of carbonyl (C=O) groups excluding carboxylic acids is 1. The molecule has 0 bridgehead atoms. The summed E-state index contributed by atoms with van der Waals surface area (Å²) in [5.41, 5.74) is 1.00. The molecule has 0 aliphatic carbocycles. The minimum Gasteiger partial charge on any atom is -0.497 e. The Balaban J connectivity index is 2.99. The van der Waals surface area contributed by atoms with Crippen molar-refractivity contribution < 1.29 is 9.53 Å². The van der Waals surface area contributed by atoms with Crippen LogP contribution in [0.25, 0.3) is 6.08 Å². The van der Waals surface area contributed by atoms with Crippen molar-refractivity contribution in [2.75, 3.05) is 7.11 Å². The zero-order valence-electron chi connectivity index (χ0n) is 10.2. The highest BCUT2D eigenvalue weighted by atomic mass is 16.5. The molecule has 3 nitrogen and oxygen atoms in total. The fraction of sp³-hybridized carbons (Fsp3) is 0.286. The first-order valence-electron chi connectivity index (χ1n) is 5.38. The van der Waals surface area contributed by atoms with Gasteiger partial charge in [-0.1, -0.05) is 26.0 Å². The second-order valence-electron chi connectivity index (χ2n) is 3.96. The minimum absolute atomic E-state index is 0.136. The van der Waals surface area contributed by atoms with Crippen LogP contribution in [0, 0.1) is 17.2 Å². The molecule has 0 saturated heterocycles. The third-order valence-electron chi connectivity index (χ3n) is 2.34. The van der Waals surface area contributed by atoms with Crippen LogP contribution in [-0.2, 0) is 4.79 Å². The van der Waals surface area contributed by atoms with Gasteiger partial charge in [-0.15, -0.1) is 0 Å². The van der Waals surface area contributed by atoms with Gasteiger partial charge in [0, 0.05) is 5.92 Å². The molecule has 0 aliphatic heterocycles. The van der Waals surface area contributed by atoms with Crippen molar-refractivity contribution in [1.29, 1.82) is 5.26 Å². The molecule has 17 heavy (non-hydrogen) atoms. The Kier molecular flexibility index (Phi) is 4.47. The third kappa shape index (κ3) is 3.46. The van der Waals surface area contributed by atoms with E-state index in [-0.39, 0.29) is 17.3 Å². The maximum atomic E-state index is 11.7. The van der Waals surface area contributed by atoms with E-state index in [0.717, 1.165) is 11.3 Å². The van der Waals surface area contributed by atoms with Gasteiger partial charge in [0.2, 0.25) is 0 Å². The maximum absolute atomic E-state index is 11.7. The third-order valence-corrected chi connectivity index (χ3v) is 2.34. The maximum Gasteiger partial charge on any atom is 0.175 e. The molecule has 1 aromatic rings. The van der Waals surface area contributed by atoms with Gasteiger partial charge < -0.3 is 4.74 Å². The SMILES string of the molecule is COc1ccc(/C=C(\C#N)C(=O)C(C)C)cc1. The molecule has 0 amide bonds. The van der Waals surface area contributed by atoms with Gasteiger partial charge in [0.1, 0.15) is 11.8 Å². The molecule has 0 fully saturated rings. The van der Waals surface area contributed by atoms with E-state index in [1.165, 1.54) is 0 Å². The summed E-state index contributed by atoms with van der Waals surface area (Å²) in [6.45, 7) is 3.56. The van der Waals surface area contributed by atoms with E-state index in [1.807, 2.05) is 18.2 Å². The number of nitrogens with zero attached hydrogens (tertiary/aromatic N) is 1. The van der Waals surface area contributed by atoms with Crippen molar-refractivity contribution in [3.63, 3.8) is 0 Å². The number of rotatable bonds is 4. The average molecular weight is 229 g/mol. The molecule has 0 heterocycles. The first-order chi connectivity index (χ1) is 8.08. The summed E-state index contributed by atoms with van der Waals surface area (Å²) in [6, 6.07) is 9.14. The summed E-state index contributed by atoms with van der Waals surface area (Å²) >= 11 is 0. The van der Waals surface area contributed by atoms with Crippen molar-refractivity contribution in [3.8, 4) is 11.8 Å². The molecular weight excluding hydrogens is 214 g/mol. The van der Waals surface area contributed by atoms with Crippen LogP contribution in [0.1, 0.15) is 19.4 Å². The Bertz CT molecular complexity index is 464. The zero-order chi connectivity index (χ0) is 12.8. The molecule has 0 N–H and O–H groups in total. The van der Waals surface area contributed by atoms with E-state index in [0.29, 0.717) is 0 Å². The fourth-order valence-electron chi connectivity index (χ4n) is 1.34. The summed E-state index contributed by atoms with van der Waals surface area (Å²) in [5.74, 6) is 0.443. The molecule has 1 aromatic carbocycles. The normalized spacial score (nSPS) is 11.1. The van der Waals surface area contributed by atoms with Crippen molar-refractivity contribution in [3.05, 3.63) is 35.4 Å². The fourth-order valence-corrected chi connectivity index (χ4v) is 1.34. The van der Waals surface area contributed by atoms with Gasteiger partial charge in [-0.2, -0.15) is 5.26 Å². The van der Waals surface area contributed by atoms with Crippen LogP contribution in [-0.4, -0.2) is 12.9 Å². The lowest BCUT2D eigenvalue weighted by atomic mass is 10.00. The number of methoxy groups -OCH3 is 1. The molecule has 0 aromatic heterocycles. The summed E-state index contributed by atoms with van der Waals surface area (Å²) in [6.07, 6.45) is 1.60. The monoisotopic (exact) mass is 229 g/mol. The number of benzene rings is 1. The molecule has 0 radical (unpaired) electrons. The molecule has 0 atom stereocenters. The van der Waals surface area contributed by atoms with Crippen LogP contribution in [0.2, 0.25) is 0 Å². The summed E-state index contributed by atoms with van der Waals surface area (Å²) in [4.78, 5) is 11.7. The van der Waals surface area contributed by atoms with Crippen molar-refractivity contribution in [2.45, 2.75) is 13.8 Å². The number of hydrogen-bond donors (Lipinski definition) is 0. The van der Waals surface area contributed by atoms with E-state index in [4.69, 9.17) is 10.00 Å². The van der Waals surface area contributed by atoms with Crippen molar-refractivity contribution >= 4 is 11.9 Å². The lowest BCUT2D eigenvalue weighted by molar-refractivity contribution is -0.117. The largest absolute Gasteiger partial charge is 0.497 e. The van der Waals surface area contributed by atoms with Crippen LogP contribution in [0.3, 0.4) is 0 Å². The van der Waals surface area contributed by atoms with Gasteiger partial charge in [0.15, 0.2) is 5.78 Å². The second kappa shape index (κ2) is 5.86. The predicted molar refractivity (Wildman–Crippen MR) is 66.4 cm³/mol. The van der Waals surface area contributed by atoms with Crippen LogP contribution >= 0.6 is 0 Å². The number of hydrogen-bond acceptors (Lipinski definition) is 3. The molecule has 88 valence electrons. The first-order valence-corrected chi connectivity index (χ1v) is 5.38. The van der Waals surface area contributed by atoms with Crippen LogP contribution in [0.4, 0.5) is 0 Å². The number of Topliss-reactive ketones (excluding diaryl/α,β-unsaturated/α-hetero) is 1. The summed E-state index contributed by atoms with van der Waals surface area (Å²) < 4.78 is 5.03. The molecule has 3 heteroatoms. The van der Waals surface area contributed by atoms with Gasteiger partial charge in [0.05, 0.1) is 12.7 Å². The number of ether oxygens (including phenoxy) is 1.